The number of hydrogen-bond acceptors (Lipinski definition) is 6. The Labute approximate surface area is 158 Å². The predicted molar refractivity (Wildman–Crippen MR) is 105 cm³/mol. The number of H-pyrrole nitrogens is 1. The second-order valence-corrected chi connectivity index (χ2v) is 7.09. The third-order valence-corrected chi connectivity index (χ3v) is 5.36. The lowest BCUT2D eigenvalue weighted by Crippen LogP contribution is -2.37. The third kappa shape index (κ3) is 4.08. The molecule has 0 aromatic carbocycles. The van der Waals surface area contributed by atoms with Gasteiger partial charge in [0.1, 0.15) is 5.82 Å². The first-order valence-corrected chi connectivity index (χ1v) is 9.55. The van der Waals surface area contributed by atoms with E-state index in [9.17, 15) is 4.79 Å². The van der Waals surface area contributed by atoms with Gasteiger partial charge in [-0.1, -0.05) is 6.07 Å². The molecular formula is C20H26N4O3. The average Bonchev–Trinajstić information content (AvgIpc) is 3.17. The van der Waals surface area contributed by atoms with E-state index in [2.05, 4.69) is 31.9 Å². The minimum absolute atomic E-state index is 0.0502. The van der Waals surface area contributed by atoms with E-state index < -0.39 is 0 Å². The normalized spacial score (nSPS) is 20.1. The minimum Gasteiger partial charge on any atom is -0.481 e. The molecule has 2 aliphatic rings. The number of morpholine rings is 1. The maximum Gasteiger partial charge on any atom is 0.251 e. The Morgan fingerprint density at radius 2 is 2.11 bits per heavy atom. The van der Waals surface area contributed by atoms with Crippen molar-refractivity contribution in [2.45, 2.75) is 25.3 Å². The molecule has 1 atom stereocenters. The molecule has 1 unspecified atom stereocenters. The second-order valence-electron chi connectivity index (χ2n) is 7.09. The summed E-state index contributed by atoms with van der Waals surface area (Å²) >= 11 is 0. The molecule has 1 N–H and O–H groups in total. The number of nitrogens with one attached hydrogen (secondary N) is 1. The van der Waals surface area contributed by atoms with Crippen molar-refractivity contribution < 1.29 is 9.47 Å². The number of rotatable bonds is 5. The van der Waals surface area contributed by atoms with Crippen LogP contribution in [0.15, 0.2) is 35.3 Å². The van der Waals surface area contributed by atoms with E-state index in [1.165, 1.54) is 5.56 Å². The van der Waals surface area contributed by atoms with E-state index >= 15 is 0 Å². The van der Waals surface area contributed by atoms with E-state index in [1.54, 1.807) is 13.2 Å². The molecule has 2 aliphatic heterocycles. The van der Waals surface area contributed by atoms with Crippen molar-refractivity contribution in [2.24, 2.45) is 0 Å². The van der Waals surface area contributed by atoms with Crippen LogP contribution in [0, 0.1) is 0 Å². The Morgan fingerprint density at radius 3 is 2.85 bits per heavy atom. The maximum absolute atomic E-state index is 12.3. The van der Waals surface area contributed by atoms with Crippen molar-refractivity contribution in [1.82, 2.24) is 9.97 Å². The number of nitrogens with zero attached hydrogens (tertiary/aromatic N) is 3. The van der Waals surface area contributed by atoms with Gasteiger partial charge < -0.3 is 24.3 Å². The standard InChI is InChI=1S/C20H26N4O3/c1-26-20-5-4-15(14-21-20)11-16-3-2-6-24(16)18-12-17(13-19(25)22-18)23-7-9-27-10-8-23/h4-5,12-14,16H,2-3,6-11H2,1H3,(H,22,25). The summed E-state index contributed by atoms with van der Waals surface area (Å²) in [5.74, 6) is 1.54. The summed E-state index contributed by atoms with van der Waals surface area (Å²) < 4.78 is 10.6. The van der Waals surface area contributed by atoms with Crippen LogP contribution in [0.3, 0.4) is 0 Å². The molecule has 144 valence electrons. The van der Waals surface area contributed by atoms with Gasteiger partial charge in [0.25, 0.3) is 5.56 Å². The quantitative estimate of drug-likeness (QED) is 0.866. The van der Waals surface area contributed by atoms with Gasteiger partial charge in [-0.3, -0.25) is 4.79 Å². The molecule has 2 aromatic heterocycles. The smallest absolute Gasteiger partial charge is 0.251 e. The highest BCUT2D eigenvalue weighted by Gasteiger charge is 2.26. The van der Waals surface area contributed by atoms with E-state index in [1.807, 2.05) is 12.3 Å². The van der Waals surface area contributed by atoms with Gasteiger partial charge >= 0.3 is 0 Å². The van der Waals surface area contributed by atoms with Gasteiger partial charge in [0.2, 0.25) is 5.88 Å². The molecule has 4 heterocycles. The molecule has 0 saturated carbocycles. The summed E-state index contributed by atoms with van der Waals surface area (Å²) in [5.41, 5.74) is 2.11. The largest absolute Gasteiger partial charge is 0.481 e. The first kappa shape index (κ1) is 17.9. The first-order valence-electron chi connectivity index (χ1n) is 9.55. The van der Waals surface area contributed by atoms with Crippen molar-refractivity contribution in [3.05, 3.63) is 46.4 Å². The van der Waals surface area contributed by atoms with Gasteiger partial charge in [0, 0.05) is 55.8 Å². The van der Waals surface area contributed by atoms with Crippen molar-refractivity contribution >= 4 is 11.5 Å². The molecule has 27 heavy (non-hydrogen) atoms. The lowest BCUT2D eigenvalue weighted by Gasteiger charge is -2.31. The Balaban J connectivity index is 1.53. The molecule has 0 radical (unpaired) electrons. The molecule has 7 heteroatoms. The highest BCUT2D eigenvalue weighted by Crippen LogP contribution is 2.28. The predicted octanol–water partition coefficient (Wildman–Crippen LogP) is 1.83. The summed E-state index contributed by atoms with van der Waals surface area (Å²) in [6, 6.07) is 8.12. The van der Waals surface area contributed by atoms with E-state index in [0.717, 1.165) is 50.4 Å². The Kier molecular flexibility index (Phi) is 5.29. The summed E-state index contributed by atoms with van der Waals surface area (Å²) in [7, 11) is 1.62. The fourth-order valence-corrected chi connectivity index (χ4v) is 3.96. The first-order chi connectivity index (χ1) is 13.2. The number of aromatic nitrogens is 2. The molecule has 0 spiro atoms. The summed E-state index contributed by atoms with van der Waals surface area (Å²) in [4.78, 5) is 24.2. The van der Waals surface area contributed by atoms with Crippen LogP contribution in [0.25, 0.3) is 0 Å². The monoisotopic (exact) mass is 370 g/mol. The fraction of sp³-hybridized carbons (Fsp3) is 0.500. The van der Waals surface area contributed by atoms with Gasteiger partial charge in [-0.2, -0.15) is 0 Å². The van der Waals surface area contributed by atoms with Gasteiger partial charge in [-0.25, -0.2) is 4.98 Å². The molecule has 2 saturated heterocycles. The van der Waals surface area contributed by atoms with Crippen LogP contribution in [-0.4, -0.2) is 56.0 Å². The van der Waals surface area contributed by atoms with Gasteiger partial charge in [0.05, 0.1) is 20.3 Å². The molecule has 0 aliphatic carbocycles. The third-order valence-electron chi connectivity index (χ3n) is 5.36. The van der Waals surface area contributed by atoms with Gasteiger partial charge in [-0.05, 0) is 24.8 Å². The van der Waals surface area contributed by atoms with Crippen LogP contribution >= 0.6 is 0 Å². The van der Waals surface area contributed by atoms with Crippen LogP contribution in [0.1, 0.15) is 18.4 Å². The summed E-state index contributed by atoms with van der Waals surface area (Å²) in [5, 5.41) is 0. The highest BCUT2D eigenvalue weighted by atomic mass is 16.5. The zero-order valence-corrected chi connectivity index (χ0v) is 15.7. The van der Waals surface area contributed by atoms with Crippen LogP contribution in [0.4, 0.5) is 11.5 Å². The Bertz CT molecular complexity index is 815. The lowest BCUT2D eigenvalue weighted by atomic mass is 10.1. The fourth-order valence-electron chi connectivity index (χ4n) is 3.96. The zero-order valence-electron chi connectivity index (χ0n) is 15.7. The number of hydrogen-bond donors (Lipinski definition) is 1. The van der Waals surface area contributed by atoms with Gasteiger partial charge in [-0.15, -0.1) is 0 Å². The lowest BCUT2D eigenvalue weighted by molar-refractivity contribution is 0.122. The Hall–Kier alpha value is -2.54. The van der Waals surface area contributed by atoms with E-state index in [-0.39, 0.29) is 5.56 Å². The number of methoxy groups -OCH3 is 1. The van der Waals surface area contributed by atoms with Crippen LogP contribution < -0.4 is 20.1 Å². The maximum atomic E-state index is 12.3. The van der Waals surface area contributed by atoms with Crippen LogP contribution in [0.5, 0.6) is 5.88 Å². The van der Waals surface area contributed by atoms with Crippen molar-refractivity contribution in [3.63, 3.8) is 0 Å². The van der Waals surface area contributed by atoms with E-state index in [4.69, 9.17) is 9.47 Å². The molecule has 0 amide bonds. The number of pyridine rings is 2. The molecule has 2 fully saturated rings. The van der Waals surface area contributed by atoms with E-state index in [0.29, 0.717) is 25.1 Å². The Morgan fingerprint density at radius 1 is 1.26 bits per heavy atom. The highest BCUT2D eigenvalue weighted by molar-refractivity contribution is 5.56. The number of ether oxygens (including phenoxy) is 2. The van der Waals surface area contributed by atoms with Crippen molar-refractivity contribution in [2.75, 3.05) is 49.8 Å². The zero-order chi connectivity index (χ0) is 18.6. The van der Waals surface area contributed by atoms with Crippen molar-refractivity contribution in [3.8, 4) is 5.88 Å². The number of aromatic amines is 1. The topological polar surface area (TPSA) is 70.7 Å². The minimum atomic E-state index is -0.0502. The second kappa shape index (κ2) is 8.00. The summed E-state index contributed by atoms with van der Waals surface area (Å²) in [6.45, 7) is 4.02. The van der Waals surface area contributed by atoms with Gasteiger partial charge in [0.15, 0.2) is 0 Å². The average molecular weight is 370 g/mol. The number of anilines is 2. The molecule has 2 aromatic rings. The van der Waals surface area contributed by atoms with Crippen molar-refractivity contribution in [1.29, 1.82) is 0 Å². The SMILES string of the molecule is COc1ccc(CC2CCCN2c2cc(N3CCOCC3)cc(=O)[nH]2)cn1. The van der Waals surface area contributed by atoms with Crippen LogP contribution in [-0.2, 0) is 11.2 Å². The molecule has 0 bridgehead atoms. The van der Waals surface area contributed by atoms with Crippen LogP contribution in [0.2, 0.25) is 0 Å². The molecular weight excluding hydrogens is 344 g/mol. The molecule has 7 nitrogen and oxygen atoms in total. The molecule has 4 rings (SSSR count). The summed E-state index contributed by atoms with van der Waals surface area (Å²) in [6.07, 6.45) is 5.01.